The fourth-order valence-corrected chi connectivity index (χ4v) is 6.23. The highest BCUT2D eigenvalue weighted by Crippen LogP contribution is 2.62. The van der Waals surface area contributed by atoms with Gasteiger partial charge in [-0.3, -0.25) is 9.78 Å². The third-order valence-electron chi connectivity index (χ3n) is 8.72. The summed E-state index contributed by atoms with van der Waals surface area (Å²) in [5.41, 5.74) is 3.32. The summed E-state index contributed by atoms with van der Waals surface area (Å²) in [5.74, 6) is 0.121. The highest BCUT2D eigenvalue weighted by atomic mass is 19.4. The summed E-state index contributed by atoms with van der Waals surface area (Å²) in [7, 11) is 1.50. The molecule has 2 fully saturated rings. The van der Waals surface area contributed by atoms with Gasteiger partial charge in [0.1, 0.15) is 0 Å². The van der Waals surface area contributed by atoms with E-state index in [0.29, 0.717) is 17.0 Å². The average molecular weight is 534 g/mol. The van der Waals surface area contributed by atoms with Crippen molar-refractivity contribution in [3.8, 4) is 0 Å². The number of aryl methyl sites for hydroxylation is 2. The topological polar surface area (TPSA) is 63.4 Å². The fourth-order valence-electron chi connectivity index (χ4n) is 6.23. The Morgan fingerprint density at radius 1 is 1.21 bits per heavy atom. The molecule has 1 amide bonds. The molecule has 1 atom stereocenters. The van der Waals surface area contributed by atoms with Gasteiger partial charge in [-0.25, -0.2) is 9.67 Å². The first-order valence-electron chi connectivity index (χ1n) is 13.6. The van der Waals surface area contributed by atoms with Crippen molar-refractivity contribution in [2.45, 2.75) is 70.4 Å². The van der Waals surface area contributed by atoms with Gasteiger partial charge < -0.3 is 4.90 Å². The molecule has 0 unspecified atom stereocenters. The quantitative estimate of drug-likeness (QED) is 0.376. The molecule has 6 nitrogen and oxygen atoms in total. The van der Waals surface area contributed by atoms with Crippen LogP contribution in [0.1, 0.15) is 61.0 Å². The van der Waals surface area contributed by atoms with Crippen LogP contribution >= 0.6 is 0 Å². The predicted octanol–water partition coefficient (Wildman–Crippen LogP) is 4.89. The Bertz CT molecular complexity index is 1180. The van der Waals surface area contributed by atoms with Crippen LogP contribution in [-0.2, 0) is 37.5 Å². The molecule has 38 heavy (non-hydrogen) atoms. The van der Waals surface area contributed by atoms with Crippen molar-refractivity contribution in [3.63, 3.8) is 0 Å². The molecule has 1 spiro atoms. The molecule has 10 heteroatoms. The van der Waals surface area contributed by atoms with Gasteiger partial charge in [-0.2, -0.15) is 22.7 Å². The largest absolute Gasteiger partial charge is 0.389 e. The van der Waals surface area contributed by atoms with E-state index in [1.54, 1.807) is 12.3 Å². The number of hydrogen-bond donors (Lipinski definition) is 0. The van der Waals surface area contributed by atoms with Crippen molar-refractivity contribution >= 4 is 12.1 Å². The number of alkyl halides is 3. The molecule has 2 aromatic heterocycles. The molecule has 5 rings (SSSR count). The normalized spacial score (nSPS) is 26.0. The minimum absolute atomic E-state index is 0.0615. The van der Waals surface area contributed by atoms with Gasteiger partial charge in [0.15, 0.2) is 0 Å². The maximum Gasteiger partial charge on any atom is 0.389 e. The predicted molar refractivity (Wildman–Crippen MR) is 135 cm³/mol. The van der Waals surface area contributed by atoms with E-state index in [2.05, 4.69) is 20.0 Å². The SMILES string of the molecule is Cn1ncc(CC(=O)N=CC2CCC3(CC2)C[C@H]3CN2CCc3ccc(CCC(F)(F)F)nc3CC2)c1F. The fraction of sp³-hybridized carbons (Fsp3) is 0.643. The molecule has 0 radical (unpaired) electrons. The molecular weight excluding hydrogens is 498 g/mol. The van der Waals surface area contributed by atoms with E-state index >= 15 is 0 Å². The summed E-state index contributed by atoms with van der Waals surface area (Å²) in [6, 6.07) is 3.72. The van der Waals surface area contributed by atoms with E-state index in [9.17, 15) is 22.4 Å². The third kappa shape index (κ3) is 6.50. The van der Waals surface area contributed by atoms with Crippen molar-refractivity contribution in [1.82, 2.24) is 19.7 Å². The summed E-state index contributed by atoms with van der Waals surface area (Å²) in [6.07, 6.45) is 5.23. The van der Waals surface area contributed by atoms with Crippen molar-refractivity contribution in [1.29, 1.82) is 0 Å². The van der Waals surface area contributed by atoms with E-state index in [1.807, 2.05) is 6.07 Å². The van der Waals surface area contributed by atoms with Gasteiger partial charge in [-0.05, 0) is 73.8 Å². The second-order valence-corrected chi connectivity index (χ2v) is 11.4. The second-order valence-electron chi connectivity index (χ2n) is 11.4. The Morgan fingerprint density at radius 2 is 1.97 bits per heavy atom. The van der Waals surface area contributed by atoms with Gasteiger partial charge in [0.2, 0.25) is 11.9 Å². The van der Waals surface area contributed by atoms with Gasteiger partial charge >= 0.3 is 6.18 Å². The summed E-state index contributed by atoms with van der Waals surface area (Å²) in [5, 5.41) is 3.82. The number of aliphatic imine (C=N–C) groups is 1. The first kappa shape index (κ1) is 27.0. The number of rotatable bonds is 7. The lowest BCUT2D eigenvalue weighted by Crippen LogP contribution is -2.30. The van der Waals surface area contributed by atoms with Gasteiger partial charge in [0.25, 0.3) is 0 Å². The maximum absolute atomic E-state index is 13.8. The Balaban J connectivity index is 1.06. The minimum atomic E-state index is -4.16. The standard InChI is InChI=1S/C28H35F4N5O/c1-36-26(29)21(17-34-36)14-25(38)33-16-19-4-9-27(10-5-19)15-22(27)18-37-12-7-20-2-3-23(6-11-28(30,31)32)35-24(20)8-13-37/h2-3,16-17,19,22H,4-15,18H2,1H3/t19?,22-,27?/m0/s1. The van der Waals surface area contributed by atoms with Gasteiger partial charge in [0.05, 0.1) is 12.6 Å². The summed E-state index contributed by atoms with van der Waals surface area (Å²) < 4.78 is 52.7. The van der Waals surface area contributed by atoms with Crippen LogP contribution in [0.4, 0.5) is 17.6 Å². The lowest BCUT2D eigenvalue weighted by atomic mass is 9.79. The molecule has 0 aromatic carbocycles. The molecule has 206 valence electrons. The monoisotopic (exact) mass is 533 g/mol. The molecule has 0 saturated heterocycles. The van der Waals surface area contributed by atoms with E-state index in [4.69, 9.17) is 0 Å². The number of halogens is 4. The van der Waals surface area contributed by atoms with Gasteiger partial charge in [0, 0.05) is 62.7 Å². The molecule has 0 N–H and O–H groups in total. The number of pyridine rings is 1. The molecule has 1 aliphatic heterocycles. The molecule has 2 saturated carbocycles. The number of nitrogens with zero attached hydrogens (tertiary/aromatic N) is 5. The maximum atomic E-state index is 13.8. The van der Waals surface area contributed by atoms with E-state index in [0.717, 1.165) is 74.1 Å². The van der Waals surface area contributed by atoms with Crippen LogP contribution in [-0.4, -0.2) is 57.6 Å². The van der Waals surface area contributed by atoms with Crippen LogP contribution in [0, 0.1) is 23.2 Å². The third-order valence-corrected chi connectivity index (χ3v) is 8.72. The highest BCUT2D eigenvalue weighted by Gasteiger charge is 2.54. The molecule has 3 heterocycles. The van der Waals surface area contributed by atoms with Crippen LogP contribution in [0.5, 0.6) is 0 Å². The molecule has 0 bridgehead atoms. The molecule has 2 aromatic rings. The second kappa shape index (κ2) is 10.9. The Labute approximate surface area is 220 Å². The summed E-state index contributed by atoms with van der Waals surface area (Å²) in [4.78, 5) is 23.3. The Kier molecular flexibility index (Phi) is 7.71. The lowest BCUT2D eigenvalue weighted by molar-refractivity contribution is -0.134. The van der Waals surface area contributed by atoms with Crippen LogP contribution < -0.4 is 0 Å². The van der Waals surface area contributed by atoms with Crippen LogP contribution in [0.25, 0.3) is 0 Å². The number of amides is 1. The number of fused-ring (bicyclic) bond motifs is 1. The van der Waals surface area contributed by atoms with Crippen LogP contribution in [0.15, 0.2) is 23.3 Å². The zero-order valence-electron chi connectivity index (χ0n) is 21.8. The zero-order valence-corrected chi connectivity index (χ0v) is 21.8. The highest BCUT2D eigenvalue weighted by molar-refractivity contribution is 5.87. The summed E-state index contributed by atoms with van der Waals surface area (Å²) >= 11 is 0. The first-order chi connectivity index (χ1) is 18.1. The number of aromatic nitrogens is 3. The van der Waals surface area contributed by atoms with Crippen molar-refractivity contribution in [2.24, 2.45) is 29.3 Å². The molecule has 3 aliphatic rings. The number of carbonyl (C=O) groups is 1. The van der Waals surface area contributed by atoms with E-state index in [1.165, 1.54) is 19.7 Å². The molecular formula is C28H35F4N5O. The van der Waals surface area contributed by atoms with Gasteiger partial charge in [-0.15, -0.1) is 0 Å². The van der Waals surface area contributed by atoms with E-state index < -0.39 is 18.5 Å². The van der Waals surface area contributed by atoms with Crippen molar-refractivity contribution < 1.29 is 22.4 Å². The molecule has 2 aliphatic carbocycles. The number of carbonyl (C=O) groups excluding carboxylic acids is 1. The minimum Gasteiger partial charge on any atom is -0.302 e. The summed E-state index contributed by atoms with van der Waals surface area (Å²) in [6.45, 7) is 2.91. The van der Waals surface area contributed by atoms with Crippen LogP contribution in [0.3, 0.4) is 0 Å². The number of hydrogen-bond acceptors (Lipinski definition) is 4. The lowest BCUT2D eigenvalue weighted by Gasteiger charge is -2.29. The van der Waals surface area contributed by atoms with Gasteiger partial charge in [-0.1, -0.05) is 6.07 Å². The Morgan fingerprint density at radius 3 is 2.68 bits per heavy atom. The van der Waals surface area contributed by atoms with Crippen molar-refractivity contribution in [3.05, 3.63) is 46.8 Å². The zero-order chi connectivity index (χ0) is 26.9. The smallest absolute Gasteiger partial charge is 0.302 e. The average Bonchev–Trinajstić information content (AvgIpc) is 3.51. The van der Waals surface area contributed by atoms with Crippen LogP contribution in [0.2, 0.25) is 0 Å². The van der Waals surface area contributed by atoms with Crippen molar-refractivity contribution in [2.75, 3.05) is 19.6 Å². The Hall–Kier alpha value is -2.62. The van der Waals surface area contributed by atoms with E-state index in [-0.39, 0.29) is 30.2 Å². The first-order valence-corrected chi connectivity index (χ1v) is 13.6.